The van der Waals surface area contributed by atoms with Crippen molar-refractivity contribution in [3.05, 3.63) is 42.0 Å². The summed E-state index contributed by atoms with van der Waals surface area (Å²) in [6, 6.07) is 5.56. The van der Waals surface area contributed by atoms with Gasteiger partial charge in [0.15, 0.2) is 5.82 Å². The molecule has 3 aromatic rings. The highest BCUT2D eigenvalue weighted by molar-refractivity contribution is 5.79. The van der Waals surface area contributed by atoms with Crippen LogP contribution in [0, 0.1) is 0 Å². The third-order valence-corrected chi connectivity index (χ3v) is 5.41. The first-order valence-corrected chi connectivity index (χ1v) is 9.98. The molecule has 30 heavy (non-hydrogen) atoms. The second-order valence-electron chi connectivity index (χ2n) is 7.44. The summed E-state index contributed by atoms with van der Waals surface area (Å²) < 4.78 is 14.5. The Kier molecular flexibility index (Phi) is 5.69. The Morgan fingerprint density at radius 3 is 2.83 bits per heavy atom. The number of benzene rings is 1. The summed E-state index contributed by atoms with van der Waals surface area (Å²) >= 11 is 0. The van der Waals surface area contributed by atoms with Gasteiger partial charge in [0.05, 0.1) is 32.4 Å². The predicted octanol–water partition coefficient (Wildman–Crippen LogP) is 1.76. The van der Waals surface area contributed by atoms with E-state index in [1.165, 1.54) is 0 Å². The van der Waals surface area contributed by atoms with Gasteiger partial charge in [-0.1, -0.05) is 0 Å². The number of aryl methyl sites for hydroxylation is 2. The molecule has 1 aliphatic rings. The highest BCUT2D eigenvalue weighted by atomic mass is 16.5. The molecule has 0 saturated heterocycles. The summed E-state index contributed by atoms with van der Waals surface area (Å²) in [5.74, 6) is 3.12. The molecule has 9 nitrogen and oxygen atoms in total. The Labute approximate surface area is 175 Å². The number of hydrogen-bond donors (Lipinski definition) is 1. The van der Waals surface area contributed by atoms with E-state index in [0.29, 0.717) is 11.5 Å². The van der Waals surface area contributed by atoms with Gasteiger partial charge in [-0.2, -0.15) is 5.10 Å². The molecule has 1 aromatic carbocycles. The molecular weight excluding hydrogens is 384 g/mol. The van der Waals surface area contributed by atoms with Crippen molar-refractivity contribution in [3.63, 3.8) is 0 Å². The zero-order valence-electron chi connectivity index (χ0n) is 17.5. The van der Waals surface area contributed by atoms with E-state index < -0.39 is 0 Å². The maximum atomic E-state index is 12.7. The zero-order valence-corrected chi connectivity index (χ0v) is 17.5. The summed E-state index contributed by atoms with van der Waals surface area (Å²) in [4.78, 5) is 12.7. The van der Waals surface area contributed by atoms with Crippen molar-refractivity contribution in [1.29, 1.82) is 0 Å². The van der Waals surface area contributed by atoms with Gasteiger partial charge in [-0.15, -0.1) is 10.2 Å². The minimum absolute atomic E-state index is 0.0308. The van der Waals surface area contributed by atoms with Crippen LogP contribution in [0.25, 0.3) is 11.4 Å². The van der Waals surface area contributed by atoms with Crippen molar-refractivity contribution in [1.82, 2.24) is 29.9 Å². The third-order valence-electron chi connectivity index (χ3n) is 5.41. The smallest absolute Gasteiger partial charge is 0.224 e. The van der Waals surface area contributed by atoms with Gasteiger partial charge in [-0.05, 0) is 31.0 Å². The van der Waals surface area contributed by atoms with Crippen LogP contribution in [0.2, 0.25) is 0 Å². The van der Waals surface area contributed by atoms with Crippen LogP contribution >= 0.6 is 0 Å². The van der Waals surface area contributed by atoms with E-state index in [1.807, 2.05) is 31.4 Å². The molecule has 0 fully saturated rings. The summed E-state index contributed by atoms with van der Waals surface area (Å²) in [5, 5.41) is 16.1. The van der Waals surface area contributed by atoms with Gasteiger partial charge in [0.2, 0.25) is 5.91 Å². The van der Waals surface area contributed by atoms with E-state index in [2.05, 4.69) is 25.2 Å². The monoisotopic (exact) mass is 410 g/mol. The van der Waals surface area contributed by atoms with Crippen molar-refractivity contribution >= 4 is 5.91 Å². The number of methoxy groups -OCH3 is 2. The highest BCUT2D eigenvalue weighted by Gasteiger charge is 2.23. The topological polar surface area (TPSA) is 96.1 Å². The first-order valence-electron chi connectivity index (χ1n) is 9.98. The minimum Gasteiger partial charge on any atom is -0.497 e. The number of fused-ring (bicyclic) bond motifs is 1. The average molecular weight is 410 g/mol. The highest BCUT2D eigenvalue weighted by Crippen LogP contribution is 2.25. The van der Waals surface area contributed by atoms with Crippen LogP contribution in [0.3, 0.4) is 0 Å². The fraction of sp³-hybridized carbons (Fsp3) is 0.429. The molecule has 0 bridgehead atoms. The first kappa shape index (κ1) is 19.9. The van der Waals surface area contributed by atoms with E-state index >= 15 is 0 Å². The summed E-state index contributed by atoms with van der Waals surface area (Å²) in [5.41, 5.74) is 1.75. The number of amides is 1. The molecule has 3 heterocycles. The number of nitrogens with zero attached hydrogens (tertiary/aromatic N) is 5. The van der Waals surface area contributed by atoms with Crippen molar-refractivity contribution in [2.45, 2.75) is 38.3 Å². The van der Waals surface area contributed by atoms with Crippen molar-refractivity contribution < 1.29 is 14.3 Å². The molecule has 1 unspecified atom stereocenters. The molecule has 0 spiro atoms. The zero-order chi connectivity index (χ0) is 21.1. The van der Waals surface area contributed by atoms with E-state index in [4.69, 9.17) is 9.47 Å². The molecule has 9 heteroatoms. The molecule has 1 amide bonds. The lowest BCUT2D eigenvalue weighted by molar-refractivity contribution is -0.121. The molecule has 1 atom stereocenters. The number of carbonyl (C=O) groups is 1. The largest absolute Gasteiger partial charge is 0.497 e. The van der Waals surface area contributed by atoms with Gasteiger partial charge >= 0.3 is 0 Å². The Balaban J connectivity index is 1.41. The van der Waals surface area contributed by atoms with E-state index in [0.717, 1.165) is 48.6 Å². The number of hydrogen-bond acceptors (Lipinski definition) is 6. The van der Waals surface area contributed by atoms with Gasteiger partial charge in [0, 0.05) is 37.8 Å². The second kappa shape index (κ2) is 8.56. The van der Waals surface area contributed by atoms with Gasteiger partial charge < -0.3 is 19.4 Å². The number of carbonyl (C=O) groups excluding carboxylic acids is 1. The molecule has 2 aromatic heterocycles. The molecule has 1 aliphatic heterocycles. The van der Waals surface area contributed by atoms with Crippen molar-refractivity contribution in [2.24, 2.45) is 7.05 Å². The Morgan fingerprint density at radius 1 is 1.23 bits per heavy atom. The second-order valence-corrected chi connectivity index (χ2v) is 7.44. The normalized spacial score (nSPS) is 15.9. The van der Waals surface area contributed by atoms with Gasteiger partial charge in [0.25, 0.3) is 0 Å². The number of nitrogens with one attached hydrogen (secondary N) is 1. The number of aromatic nitrogens is 5. The Morgan fingerprint density at radius 2 is 2.10 bits per heavy atom. The van der Waals surface area contributed by atoms with Crippen LogP contribution in [0.5, 0.6) is 11.5 Å². The van der Waals surface area contributed by atoms with Crippen LogP contribution in [0.4, 0.5) is 0 Å². The quantitative estimate of drug-likeness (QED) is 0.665. The molecule has 0 aliphatic carbocycles. The van der Waals surface area contributed by atoms with Crippen molar-refractivity contribution in [3.8, 4) is 22.9 Å². The number of rotatable bonds is 6. The fourth-order valence-corrected chi connectivity index (χ4v) is 3.85. The molecule has 4 rings (SSSR count). The average Bonchev–Trinajstić information content (AvgIpc) is 3.30. The SMILES string of the molecule is COc1ccc(OC)c(CC(=O)NC2CCc3nnc(-c4cnn(C)c4)n3CC2)c1. The first-order chi connectivity index (χ1) is 14.6. The lowest BCUT2D eigenvalue weighted by Crippen LogP contribution is -2.36. The summed E-state index contributed by atoms with van der Waals surface area (Å²) in [6.45, 7) is 0.750. The maximum Gasteiger partial charge on any atom is 0.224 e. The molecule has 158 valence electrons. The maximum absolute atomic E-state index is 12.7. The summed E-state index contributed by atoms with van der Waals surface area (Å²) in [7, 11) is 5.09. The standard InChI is InChI=1S/C21H26N6O3/c1-26-13-15(12-22-26)21-25-24-19-7-4-16(8-9-27(19)21)23-20(28)11-14-10-17(29-2)5-6-18(14)30-3/h5-6,10,12-13,16H,4,7-9,11H2,1-3H3,(H,23,28). The third kappa shape index (κ3) is 4.14. The van der Waals surface area contributed by atoms with E-state index in [9.17, 15) is 4.79 Å². The fourth-order valence-electron chi connectivity index (χ4n) is 3.85. The van der Waals surface area contributed by atoms with E-state index in [-0.39, 0.29) is 18.4 Å². The van der Waals surface area contributed by atoms with Crippen LogP contribution in [-0.2, 0) is 31.2 Å². The Bertz CT molecular complexity index is 1040. The molecule has 0 saturated carbocycles. The Hall–Kier alpha value is -3.36. The molecule has 0 radical (unpaired) electrons. The van der Waals surface area contributed by atoms with Gasteiger partial charge in [-0.25, -0.2) is 0 Å². The van der Waals surface area contributed by atoms with Crippen LogP contribution in [0.1, 0.15) is 24.2 Å². The summed E-state index contributed by atoms with van der Waals surface area (Å²) in [6.07, 6.45) is 6.38. The minimum atomic E-state index is -0.0308. The molecule has 1 N–H and O–H groups in total. The van der Waals surface area contributed by atoms with Crippen LogP contribution in [0.15, 0.2) is 30.6 Å². The predicted molar refractivity (Wildman–Crippen MR) is 110 cm³/mol. The lowest BCUT2D eigenvalue weighted by atomic mass is 10.1. The van der Waals surface area contributed by atoms with Crippen molar-refractivity contribution in [2.75, 3.05) is 14.2 Å². The molecular formula is C21H26N6O3. The van der Waals surface area contributed by atoms with Crippen LogP contribution < -0.4 is 14.8 Å². The lowest BCUT2D eigenvalue weighted by Gasteiger charge is -2.17. The van der Waals surface area contributed by atoms with E-state index in [1.54, 1.807) is 25.1 Å². The number of ether oxygens (including phenoxy) is 2. The van der Waals surface area contributed by atoms with Crippen LogP contribution in [-0.4, -0.2) is 50.7 Å². The van der Waals surface area contributed by atoms with Gasteiger partial charge in [-0.3, -0.25) is 9.48 Å². The van der Waals surface area contributed by atoms with Gasteiger partial charge in [0.1, 0.15) is 17.3 Å².